The zero-order chi connectivity index (χ0) is 8.43. The number of hydrogen-bond acceptors (Lipinski definition) is 3. The molecule has 0 heterocycles. The molecule has 0 radical (unpaired) electrons. The van der Waals surface area contributed by atoms with E-state index in [1.54, 1.807) is 19.1 Å². The molecule has 1 aromatic rings. The number of carbonyl (C=O) groups excluding carboxylic acids is 1. The minimum atomic E-state index is -1.23. The van der Waals surface area contributed by atoms with Crippen LogP contribution in [0.4, 0.5) is 5.69 Å². The smallest absolute Gasteiger partial charge is 0.0736 e. The molecule has 0 saturated carbocycles. The third-order valence-electron chi connectivity index (χ3n) is 1.54. The van der Waals surface area contributed by atoms with Gasteiger partial charge in [-0.3, -0.25) is 0 Å². The van der Waals surface area contributed by atoms with E-state index in [-0.39, 0.29) is 11.3 Å². The zero-order valence-electron chi connectivity index (χ0n) is 6.13. The Hall–Kier alpha value is -1.51. The van der Waals surface area contributed by atoms with Crippen molar-refractivity contribution in [2.75, 3.05) is 5.73 Å². The molecule has 0 fully saturated rings. The average Bonchev–Trinajstić information content (AvgIpc) is 1.94. The molecule has 0 aliphatic heterocycles. The summed E-state index contributed by atoms with van der Waals surface area (Å²) in [6, 6.07) is 4.82. The summed E-state index contributed by atoms with van der Waals surface area (Å²) in [5.41, 5.74) is 6.56. The molecule has 58 valence electrons. The number of para-hydroxylation sites is 1. The van der Waals surface area contributed by atoms with Crippen molar-refractivity contribution in [3.63, 3.8) is 0 Å². The van der Waals surface area contributed by atoms with Crippen LogP contribution in [-0.2, 0) is 0 Å². The van der Waals surface area contributed by atoms with Gasteiger partial charge in [-0.25, -0.2) is 0 Å². The first-order valence-corrected chi connectivity index (χ1v) is 3.19. The molecule has 0 spiro atoms. The summed E-state index contributed by atoms with van der Waals surface area (Å²) in [4.78, 5) is 10.4. The van der Waals surface area contributed by atoms with Crippen molar-refractivity contribution in [3.05, 3.63) is 29.3 Å². The van der Waals surface area contributed by atoms with E-state index >= 15 is 0 Å². The van der Waals surface area contributed by atoms with E-state index < -0.39 is 5.97 Å². The number of aryl methyl sites for hydroxylation is 1. The van der Waals surface area contributed by atoms with Gasteiger partial charge in [0.1, 0.15) is 0 Å². The second-order valence-corrected chi connectivity index (χ2v) is 2.32. The molecule has 1 rings (SSSR count). The summed E-state index contributed by atoms with van der Waals surface area (Å²) in [6.45, 7) is 1.75. The largest absolute Gasteiger partial charge is 0.545 e. The van der Waals surface area contributed by atoms with Crippen LogP contribution in [0.1, 0.15) is 15.9 Å². The van der Waals surface area contributed by atoms with Gasteiger partial charge >= 0.3 is 0 Å². The van der Waals surface area contributed by atoms with Gasteiger partial charge in [-0.2, -0.15) is 0 Å². The number of anilines is 1. The number of aromatic carboxylic acids is 1. The van der Waals surface area contributed by atoms with Crippen LogP contribution < -0.4 is 10.8 Å². The van der Waals surface area contributed by atoms with Crippen LogP contribution in [0.5, 0.6) is 0 Å². The predicted octanol–water partition coefficient (Wildman–Crippen LogP) is -0.0593. The number of carboxylic acids is 1. The SMILES string of the molecule is Cc1cccc(C(=O)[O-])c1N. The van der Waals surface area contributed by atoms with Crippen LogP contribution in [0.2, 0.25) is 0 Å². The fourth-order valence-corrected chi connectivity index (χ4v) is 0.859. The maximum absolute atomic E-state index is 10.4. The summed E-state index contributed by atoms with van der Waals surface area (Å²) in [7, 11) is 0. The first-order valence-electron chi connectivity index (χ1n) is 3.19. The summed E-state index contributed by atoms with van der Waals surface area (Å²) in [6.07, 6.45) is 0. The van der Waals surface area contributed by atoms with E-state index in [4.69, 9.17) is 5.73 Å². The Bertz CT molecular complexity index is 294. The first kappa shape index (κ1) is 7.60. The normalized spacial score (nSPS) is 9.55. The third-order valence-corrected chi connectivity index (χ3v) is 1.54. The molecule has 11 heavy (non-hydrogen) atoms. The van der Waals surface area contributed by atoms with E-state index in [1.807, 2.05) is 0 Å². The van der Waals surface area contributed by atoms with Gasteiger partial charge in [-0.05, 0) is 12.5 Å². The van der Waals surface area contributed by atoms with E-state index in [9.17, 15) is 9.90 Å². The Morgan fingerprint density at radius 3 is 2.64 bits per heavy atom. The van der Waals surface area contributed by atoms with Gasteiger partial charge in [0.05, 0.1) is 5.97 Å². The number of carboxylic acid groups (broad SMARTS) is 1. The molecule has 0 amide bonds. The van der Waals surface area contributed by atoms with Crippen LogP contribution >= 0.6 is 0 Å². The van der Waals surface area contributed by atoms with Crippen molar-refractivity contribution in [2.45, 2.75) is 6.92 Å². The van der Waals surface area contributed by atoms with Crippen LogP contribution in [0.3, 0.4) is 0 Å². The molecular formula is C8H8NO2-. The highest BCUT2D eigenvalue weighted by Crippen LogP contribution is 2.14. The van der Waals surface area contributed by atoms with Gasteiger partial charge < -0.3 is 15.6 Å². The topological polar surface area (TPSA) is 66.1 Å². The molecule has 1 aromatic carbocycles. The van der Waals surface area contributed by atoms with Crippen molar-refractivity contribution in [2.24, 2.45) is 0 Å². The lowest BCUT2D eigenvalue weighted by molar-refractivity contribution is -0.254. The second kappa shape index (κ2) is 2.62. The molecule has 0 saturated heterocycles. The van der Waals surface area contributed by atoms with Gasteiger partial charge in [0, 0.05) is 11.3 Å². The highest BCUT2D eigenvalue weighted by Gasteiger charge is 2.00. The van der Waals surface area contributed by atoms with Gasteiger partial charge in [-0.1, -0.05) is 18.2 Å². The molecule has 0 aliphatic rings. The van der Waals surface area contributed by atoms with E-state index in [2.05, 4.69) is 0 Å². The number of carbonyl (C=O) groups is 1. The molecule has 0 aliphatic carbocycles. The van der Waals surface area contributed by atoms with E-state index in [0.717, 1.165) is 5.56 Å². The number of rotatable bonds is 1. The van der Waals surface area contributed by atoms with Gasteiger partial charge in [0.2, 0.25) is 0 Å². The maximum Gasteiger partial charge on any atom is 0.0736 e. The molecule has 2 N–H and O–H groups in total. The zero-order valence-corrected chi connectivity index (χ0v) is 6.13. The van der Waals surface area contributed by atoms with E-state index in [0.29, 0.717) is 0 Å². The summed E-state index contributed by atoms with van der Waals surface area (Å²) < 4.78 is 0. The Labute approximate surface area is 64.5 Å². The number of benzene rings is 1. The predicted molar refractivity (Wildman–Crippen MR) is 39.9 cm³/mol. The van der Waals surface area contributed by atoms with Crippen molar-refractivity contribution in [3.8, 4) is 0 Å². The third kappa shape index (κ3) is 1.32. The van der Waals surface area contributed by atoms with Crippen molar-refractivity contribution < 1.29 is 9.90 Å². The quantitative estimate of drug-likeness (QED) is 0.570. The molecule has 0 bridgehead atoms. The van der Waals surface area contributed by atoms with Crippen LogP contribution in [0.25, 0.3) is 0 Å². The lowest BCUT2D eigenvalue weighted by Crippen LogP contribution is -2.23. The summed E-state index contributed by atoms with van der Waals surface area (Å²) >= 11 is 0. The van der Waals surface area contributed by atoms with Gasteiger partial charge in [-0.15, -0.1) is 0 Å². The molecule has 0 unspecified atom stereocenters. The molecule has 3 nitrogen and oxygen atoms in total. The number of nitrogen functional groups attached to an aromatic ring is 1. The molecule has 3 heteroatoms. The average molecular weight is 150 g/mol. The fourth-order valence-electron chi connectivity index (χ4n) is 0.859. The Morgan fingerprint density at radius 2 is 2.18 bits per heavy atom. The standard InChI is InChI=1S/C8H9NO2/c1-5-3-2-4-6(7(5)9)8(10)11/h2-4H,9H2,1H3,(H,10,11)/p-1. The lowest BCUT2D eigenvalue weighted by Gasteiger charge is -2.07. The van der Waals surface area contributed by atoms with Crippen molar-refractivity contribution in [1.82, 2.24) is 0 Å². The van der Waals surface area contributed by atoms with Crippen LogP contribution in [-0.4, -0.2) is 5.97 Å². The summed E-state index contributed by atoms with van der Waals surface area (Å²) in [5, 5.41) is 10.4. The Kier molecular flexibility index (Phi) is 1.81. The number of nitrogens with two attached hydrogens (primary N) is 1. The first-order chi connectivity index (χ1) is 5.13. The minimum Gasteiger partial charge on any atom is -0.545 e. The van der Waals surface area contributed by atoms with Crippen molar-refractivity contribution in [1.29, 1.82) is 0 Å². The van der Waals surface area contributed by atoms with Crippen LogP contribution in [0, 0.1) is 6.92 Å². The van der Waals surface area contributed by atoms with Gasteiger partial charge in [0.25, 0.3) is 0 Å². The molecule has 0 atom stereocenters. The monoisotopic (exact) mass is 150 g/mol. The Morgan fingerprint density at radius 1 is 1.55 bits per heavy atom. The lowest BCUT2D eigenvalue weighted by atomic mass is 10.1. The van der Waals surface area contributed by atoms with Crippen LogP contribution in [0.15, 0.2) is 18.2 Å². The summed E-state index contributed by atoms with van der Waals surface area (Å²) in [5.74, 6) is -1.23. The molecule has 0 aromatic heterocycles. The fraction of sp³-hybridized carbons (Fsp3) is 0.125. The maximum atomic E-state index is 10.4. The molecular weight excluding hydrogens is 142 g/mol. The van der Waals surface area contributed by atoms with Crippen molar-refractivity contribution >= 4 is 11.7 Å². The highest BCUT2D eigenvalue weighted by molar-refractivity contribution is 5.92. The Balaban J connectivity index is 3.27. The van der Waals surface area contributed by atoms with Gasteiger partial charge in [0.15, 0.2) is 0 Å². The highest BCUT2D eigenvalue weighted by atomic mass is 16.4. The van der Waals surface area contributed by atoms with E-state index in [1.165, 1.54) is 6.07 Å². The number of hydrogen-bond donors (Lipinski definition) is 1. The minimum absolute atomic E-state index is 0.0602. The second-order valence-electron chi connectivity index (χ2n) is 2.32.